The van der Waals surface area contributed by atoms with Gasteiger partial charge in [-0.3, -0.25) is 4.79 Å². The van der Waals surface area contributed by atoms with Crippen LogP contribution < -0.4 is 10.6 Å². The molecule has 0 aliphatic carbocycles. The van der Waals surface area contributed by atoms with Crippen LogP contribution >= 0.6 is 0 Å². The van der Waals surface area contributed by atoms with E-state index in [9.17, 15) is 4.79 Å². The highest BCUT2D eigenvalue weighted by atomic mass is 16.1. The lowest BCUT2D eigenvalue weighted by molar-refractivity contribution is 0.102. The van der Waals surface area contributed by atoms with Crippen LogP contribution in [0.25, 0.3) is 0 Å². The lowest BCUT2D eigenvalue weighted by Crippen LogP contribution is -2.21. The van der Waals surface area contributed by atoms with Gasteiger partial charge in [0.2, 0.25) is 5.95 Å². The van der Waals surface area contributed by atoms with Crippen molar-refractivity contribution in [3.05, 3.63) is 47.8 Å². The predicted octanol–water partition coefficient (Wildman–Crippen LogP) is 1.57. The summed E-state index contributed by atoms with van der Waals surface area (Å²) >= 11 is 0. The Bertz CT molecular complexity index is 705. The third-order valence-corrected chi connectivity index (χ3v) is 3.01. The lowest BCUT2D eigenvalue weighted by Gasteiger charge is -2.10. The number of nitriles is 1. The van der Waals surface area contributed by atoms with Gasteiger partial charge in [-0.05, 0) is 32.3 Å². The normalized spacial score (nSPS) is 10.2. The minimum atomic E-state index is -0.320. The van der Waals surface area contributed by atoms with Gasteiger partial charge >= 0.3 is 0 Å². The summed E-state index contributed by atoms with van der Waals surface area (Å²) in [5.74, 6) is 0.162. The van der Waals surface area contributed by atoms with Crippen LogP contribution in [-0.2, 0) is 0 Å². The number of rotatable bonds is 6. The highest BCUT2D eigenvalue weighted by Gasteiger charge is 2.08. The number of carbonyl (C=O) groups is 1. The molecule has 2 aromatic rings. The van der Waals surface area contributed by atoms with Crippen LogP contribution in [0.2, 0.25) is 0 Å². The van der Waals surface area contributed by atoms with Crippen LogP contribution in [0.1, 0.15) is 15.9 Å². The van der Waals surface area contributed by atoms with Gasteiger partial charge in [0.15, 0.2) is 0 Å². The number of carbonyl (C=O) groups excluding carboxylic acids is 1. The smallest absolute Gasteiger partial charge is 0.258 e. The quantitative estimate of drug-likeness (QED) is 0.841. The molecule has 0 aliphatic heterocycles. The molecular weight excluding hydrogens is 292 g/mol. The second-order valence-electron chi connectivity index (χ2n) is 5.17. The zero-order valence-corrected chi connectivity index (χ0v) is 13.1. The molecule has 1 amide bonds. The van der Waals surface area contributed by atoms with Gasteiger partial charge in [-0.15, -0.1) is 0 Å². The summed E-state index contributed by atoms with van der Waals surface area (Å²) in [7, 11) is 3.97. The van der Waals surface area contributed by atoms with Crippen molar-refractivity contribution in [3.8, 4) is 6.07 Å². The van der Waals surface area contributed by atoms with E-state index in [-0.39, 0.29) is 5.91 Å². The molecule has 0 unspecified atom stereocenters. The molecule has 7 heteroatoms. The highest BCUT2D eigenvalue weighted by Crippen LogP contribution is 2.11. The molecule has 1 aromatic carbocycles. The molecule has 2 rings (SSSR count). The Kier molecular flexibility index (Phi) is 5.61. The SMILES string of the molecule is CN(C)CCNc1ncc(C(=O)Nc2cccc(C#N)c2)cn1. The number of likely N-dealkylation sites (N-methyl/N-ethyl adjacent to an activating group) is 1. The Morgan fingerprint density at radius 3 is 2.70 bits per heavy atom. The molecule has 23 heavy (non-hydrogen) atoms. The summed E-state index contributed by atoms with van der Waals surface area (Å²) in [6.45, 7) is 1.58. The molecular formula is C16H18N6O. The van der Waals surface area contributed by atoms with E-state index in [2.05, 4.69) is 20.6 Å². The van der Waals surface area contributed by atoms with Gasteiger partial charge in [0.05, 0.1) is 17.2 Å². The lowest BCUT2D eigenvalue weighted by atomic mass is 10.2. The first-order valence-electron chi connectivity index (χ1n) is 7.10. The van der Waals surface area contributed by atoms with E-state index in [4.69, 9.17) is 5.26 Å². The summed E-state index contributed by atoms with van der Waals surface area (Å²) in [6, 6.07) is 8.74. The van der Waals surface area contributed by atoms with Gasteiger partial charge in [-0.2, -0.15) is 5.26 Å². The van der Waals surface area contributed by atoms with Gasteiger partial charge in [0.25, 0.3) is 5.91 Å². The topological polar surface area (TPSA) is 93.9 Å². The molecule has 2 N–H and O–H groups in total. The molecule has 0 aliphatic rings. The van der Waals surface area contributed by atoms with E-state index in [0.717, 1.165) is 13.1 Å². The van der Waals surface area contributed by atoms with E-state index in [1.165, 1.54) is 12.4 Å². The summed E-state index contributed by atoms with van der Waals surface area (Å²) in [5.41, 5.74) is 1.40. The summed E-state index contributed by atoms with van der Waals surface area (Å²) in [5, 5.41) is 14.6. The van der Waals surface area contributed by atoms with Crippen molar-refractivity contribution in [2.24, 2.45) is 0 Å². The van der Waals surface area contributed by atoms with Gasteiger partial charge in [0, 0.05) is 31.2 Å². The molecule has 0 saturated heterocycles. The van der Waals surface area contributed by atoms with E-state index in [1.54, 1.807) is 24.3 Å². The molecule has 7 nitrogen and oxygen atoms in total. The second kappa shape index (κ2) is 7.87. The number of benzene rings is 1. The molecule has 1 heterocycles. The monoisotopic (exact) mass is 310 g/mol. The van der Waals surface area contributed by atoms with Gasteiger partial charge in [-0.1, -0.05) is 6.07 Å². The molecule has 0 bridgehead atoms. The molecule has 118 valence electrons. The van der Waals surface area contributed by atoms with Crippen molar-refractivity contribution in [1.82, 2.24) is 14.9 Å². The zero-order chi connectivity index (χ0) is 16.7. The van der Waals surface area contributed by atoms with E-state index < -0.39 is 0 Å². The van der Waals surface area contributed by atoms with Crippen LogP contribution in [0.5, 0.6) is 0 Å². The van der Waals surface area contributed by atoms with Crippen LogP contribution in [0, 0.1) is 11.3 Å². The first kappa shape index (κ1) is 16.4. The van der Waals surface area contributed by atoms with Gasteiger partial charge in [-0.25, -0.2) is 9.97 Å². The number of nitrogens with one attached hydrogen (secondary N) is 2. The molecule has 1 aromatic heterocycles. The Morgan fingerprint density at radius 2 is 2.04 bits per heavy atom. The fraction of sp³-hybridized carbons (Fsp3) is 0.250. The Balaban J connectivity index is 1.96. The standard InChI is InChI=1S/C16H18N6O/c1-22(2)7-6-18-16-19-10-13(11-20-16)15(23)21-14-5-3-4-12(8-14)9-17/h3-5,8,10-11H,6-7H2,1-2H3,(H,21,23)(H,18,19,20). The van der Waals surface area contributed by atoms with Crippen LogP contribution in [0.4, 0.5) is 11.6 Å². The number of aromatic nitrogens is 2. The second-order valence-corrected chi connectivity index (χ2v) is 5.17. The number of amides is 1. The number of hydrogen-bond donors (Lipinski definition) is 2. The van der Waals surface area contributed by atoms with Gasteiger partial charge in [0.1, 0.15) is 0 Å². The Labute approximate surface area is 135 Å². The average molecular weight is 310 g/mol. The number of nitrogens with zero attached hydrogens (tertiary/aromatic N) is 4. The predicted molar refractivity (Wildman–Crippen MR) is 88.2 cm³/mol. The van der Waals surface area contributed by atoms with Crippen LogP contribution in [0.3, 0.4) is 0 Å². The van der Waals surface area contributed by atoms with Crippen molar-refractivity contribution < 1.29 is 4.79 Å². The molecule has 0 atom stereocenters. The van der Waals surface area contributed by atoms with Crippen molar-refractivity contribution >= 4 is 17.5 Å². The first-order chi connectivity index (χ1) is 11.1. The molecule has 0 radical (unpaired) electrons. The zero-order valence-electron chi connectivity index (χ0n) is 13.1. The summed E-state index contributed by atoms with van der Waals surface area (Å²) < 4.78 is 0. The number of anilines is 2. The largest absolute Gasteiger partial charge is 0.353 e. The first-order valence-corrected chi connectivity index (χ1v) is 7.10. The van der Waals surface area contributed by atoms with Crippen LogP contribution in [0.15, 0.2) is 36.7 Å². The third-order valence-electron chi connectivity index (χ3n) is 3.01. The molecule has 0 fully saturated rings. The maximum atomic E-state index is 12.1. The Morgan fingerprint density at radius 1 is 1.30 bits per heavy atom. The van der Waals surface area contributed by atoms with Crippen molar-refractivity contribution in [2.45, 2.75) is 0 Å². The van der Waals surface area contributed by atoms with E-state index in [0.29, 0.717) is 22.8 Å². The fourth-order valence-electron chi connectivity index (χ4n) is 1.80. The fourth-order valence-corrected chi connectivity index (χ4v) is 1.80. The minimum absolute atomic E-state index is 0.320. The average Bonchev–Trinajstić information content (AvgIpc) is 2.55. The van der Waals surface area contributed by atoms with Crippen molar-refractivity contribution in [1.29, 1.82) is 5.26 Å². The maximum absolute atomic E-state index is 12.1. The van der Waals surface area contributed by atoms with Gasteiger partial charge < -0.3 is 15.5 Å². The summed E-state index contributed by atoms with van der Waals surface area (Å²) in [6.07, 6.45) is 2.93. The number of hydrogen-bond acceptors (Lipinski definition) is 6. The maximum Gasteiger partial charge on any atom is 0.258 e. The molecule has 0 spiro atoms. The van der Waals surface area contributed by atoms with Crippen molar-refractivity contribution in [3.63, 3.8) is 0 Å². The molecule has 0 saturated carbocycles. The van der Waals surface area contributed by atoms with E-state index >= 15 is 0 Å². The Hall–Kier alpha value is -2.98. The third kappa shape index (κ3) is 5.05. The van der Waals surface area contributed by atoms with Crippen LogP contribution in [-0.4, -0.2) is 48.0 Å². The highest BCUT2D eigenvalue weighted by molar-refractivity contribution is 6.03. The van der Waals surface area contributed by atoms with E-state index in [1.807, 2.05) is 25.1 Å². The summed E-state index contributed by atoms with van der Waals surface area (Å²) in [4.78, 5) is 22.4. The van der Waals surface area contributed by atoms with Crippen molar-refractivity contribution in [2.75, 3.05) is 37.8 Å². The minimum Gasteiger partial charge on any atom is -0.353 e.